The summed E-state index contributed by atoms with van der Waals surface area (Å²) in [6.45, 7) is -0.552. The molecule has 0 aliphatic rings. The fourth-order valence-corrected chi connectivity index (χ4v) is 2.45. The van der Waals surface area contributed by atoms with E-state index in [1.54, 1.807) is 17.7 Å². The molecule has 21 heavy (non-hydrogen) atoms. The molecule has 2 rings (SSSR count). The highest BCUT2D eigenvalue weighted by atomic mass is 32.3. The maximum Gasteiger partial charge on any atom is 0.271 e. The predicted molar refractivity (Wildman–Crippen MR) is 71.2 cm³/mol. The van der Waals surface area contributed by atoms with Crippen LogP contribution in [0.1, 0.15) is 5.01 Å². The third-order valence-electron chi connectivity index (χ3n) is 2.44. The zero-order valence-electron chi connectivity index (χ0n) is 11.0. The summed E-state index contributed by atoms with van der Waals surface area (Å²) in [6, 6.07) is 4.54. The predicted octanol–water partition coefficient (Wildman–Crippen LogP) is 1.20. The lowest BCUT2D eigenvalue weighted by Crippen LogP contribution is -2.30. The summed E-state index contributed by atoms with van der Waals surface area (Å²) in [5.74, 6) is 0. The first-order valence-electron chi connectivity index (χ1n) is 5.33. The average Bonchev–Trinajstić information content (AvgIpc) is 2.74. The molecule has 0 N–H and O–H groups in total. The Bertz CT molecular complexity index is 758. The van der Waals surface area contributed by atoms with Gasteiger partial charge >= 0.3 is 0 Å². The van der Waals surface area contributed by atoms with Gasteiger partial charge < -0.3 is 4.55 Å². The number of hydrogen-bond donors (Lipinski definition) is 0. The molecule has 8 nitrogen and oxygen atoms in total. The number of nitro benzene ring substituents is 1. The van der Waals surface area contributed by atoms with Crippen LogP contribution in [0.2, 0.25) is 0 Å². The largest absolute Gasteiger partial charge is 0.726 e. The third-order valence-corrected chi connectivity index (χ3v) is 4.01. The van der Waals surface area contributed by atoms with E-state index >= 15 is 0 Å². The van der Waals surface area contributed by atoms with E-state index in [1.165, 1.54) is 23.5 Å². The molecule has 0 bridgehead atoms. The fourth-order valence-electron chi connectivity index (χ4n) is 1.42. The normalized spacial score (nSPS) is 11.0. The zero-order valence-corrected chi connectivity index (χ0v) is 12.6. The topological polar surface area (TPSA) is 113 Å². The van der Waals surface area contributed by atoms with Crippen molar-refractivity contribution in [3.8, 4) is 0 Å². The molecule has 11 heteroatoms. The first kappa shape index (κ1) is 17.4. The van der Waals surface area contributed by atoms with Crippen molar-refractivity contribution in [3.05, 3.63) is 33.3 Å². The molecule has 0 aliphatic heterocycles. The van der Waals surface area contributed by atoms with E-state index in [9.17, 15) is 27.5 Å². The number of rotatable bonds is 3. The Morgan fingerprint density at radius 1 is 1.48 bits per heavy atom. The van der Waals surface area contributed by atoms with Gasteiger partial charge in [-0.3, -0.25) is 14.3 Å². The van der Waals surface area contributed by atoms with E-state index in [4.69, 9.17) is 0 Å². The number of benzene rings is 1. The van der Waals surface area contributed by atoms with Crippen molar-refractivity contribution in [2.45, 2.75) is 6.67 Å². The van der Waals surface area contributed by atoms with Gasteiger partial charge in [0.05, 0.1) is 12.0 Å². The second-order valence-corrected chi connectivity index (χ2v) is 5.94. The third kappa shape index (κ3) is 4.67. The van der Waals surface area contributed by atoms with Crippen LogP contribution in [0.5, 0.6) is 0 Å². The molecule has 116 valence electrons. The number of fused-ring (bicyclic) bond motifs is 1. The highest BCUT2D eigenvalue weighted by Gasteiger charge is 2.18. The van der Waals surface area contributed by atoms with Crippen LogP contribution in [0.3, 0.4) is 0 Å². The molecule has 0 unspecified atom stereocenters. The van der Waals surface area contributed by atoms with Crippen LogP contribution in [0.4, 0.5) is 10.1 Å². The van der Waals surface area contributed by atoms with Gasteiger partial charge in [0.15, 0.2) is 6.67 Å². The number of hydrogen-bond acceptors (Lipinski definition) is 7. The lowest BCUT2D eigenvalue weighted by molar-refractivity contribution is -0.649. The summed E-state index contributed by atoms with van der Waals surface area (Å²) in [6.07, 6.45) is 0. The van der Waals surface area contributed by atoms with Crippen LogP contribution in [0, 0.1) is 10.1 Å². The Labute approximate surface area is 123 Å². The molecule has 0 fully saturated rings. The second-order valence-electron chi connectivity index (χ2n) is 3.67. The minimum absolute atomic E-state index is 0.0368. The Kier molecular flexibility index (Phi) is 5.66. The number of nitrogens with zero attached hydrogens (tertiary/aromatic N) is 2. The smallest absolute Gasteiger partial charge is 0.271 e. The minimum atomic E-state index is -4.41. The molecule has 0 amide bonds. The molecular weight excluding hydrogens is 327 g/mol. The Balaban J connectivity index is 0.000000315. The van der Waals surface area contributed by atoms with Crippen molar-refractivity contribution in [1.29, 1.82) is 0 Å². The number of nitro groups is 1. The van der Waals surface area contributed by atoms with Crippen LogP contribution in [0.25, 0.3) is 10.2 Å². The van der Waals surface area contributed by atoms with Gasteiger partial charge in [-0.2, -0.15) is 4.57 Å². The van der Waals surface area contributed by atoms with Crippen molar-refractivity contribution >= 4 is 37.6 Å². The molecule has 0 spiro atoms. The van der Waals surface area contributed by atoms with Gasteiger partial charge in [0.2, 0.25) is 15.9 Å². The molecule has 0 saturated carbocycles. The minimum Gasteiger partial charge on any atom is -0.726 e. The highest BCUT2D eigenvalue weighted by molar-refractivity contribution is 7.80. The van der Waals surface area contributed by atoms with Gasteiger partial charge in [0.1, 0.15) is 11.7 Å². The maximum absolute atomic E-state index is 12.5. The number of aryl methyl sites for hydroxylation is 1. The van der Waals surface area contributed by atoms with Crippen molar-refractivity contribution in [2.24, 2.45) is 7.05 Å². The van der Waals surface area contributed by atoms with E-state index < -0.39 is 22.0 Å². The van der Waals surface area contributed by atoms with Gasteiger partial charge in [-0.25, -0.2) is 12.8 Å². The van der Waals surface area contributed by atoms with Crippen LogP contribution in [-0.2, 0) is 28.3 Å². The molecule has 1 aromatic heterocycles. The van der Waals surface area contributed by atoms with Crippen molar-refractivity contribution in [3.63, 3.8) is 0 Å². The van der Waals surface area contributed by atoms with Crippen molar-refractivity contribution < 1.29 is 31.0 Å². The SMILES string of the molecule is COS(=O)(=O)[O-].C[n+]1c(CF)sc2cc([N+](=O)[O-])ccc21. The summed E-state index contributed by atoms with van der Waals surface area (Å²) in [4.78, 5) is 10.1. The van der Waals surface area contributed by atoms with Gasteiger partial charge in [-0.1, -0.05) is 11.3 Å². The van der Waals surface area contributed by atoms with Crippen molar-refractivity contribution in [2.75, 3.05) is 7.11 Å². The van der Waals surface area contributed by atoms with Crippen LogP contribution < -0.4 is 4.57 Å². The van der Waals surface area contributed by atoms with Crippen LogP contribution >= 0.6 is 11.3 Å². The molecule has 0 radical (unpaired) electrons. The first-order valence-corrected chi connectivity index (χ1v) is 7.48. The van der Waals surface area contributed by atoms with Gasteiger partial charge in [-0.15, -0.1) is 0 Å². The monoisotopic (exact) mass is 338 g/mol. The van der Waals surface area contributed by atoms with Gasteiger partial charge in [0.25, 0.3) is 10.7 Å². The standard InChI is InChI=1S/C9H8FN2O2S.CH4O4S/c1-11-7-3-2-6(12(13)14)4-8(7)15-9(11)5-10;1-5-6(2,3)4/h2-4H,5H2,1H3;1H3,(H,2,3,4)/q+1;/p-1. The molecule has 1 heterocycles. The lowest BCUT2D eigenvalue weighted by atomic mass is 10.3. The Hall–Kier alpha value is -1.69. The van der Waals surface area contributed by atoms with E-state index in [-0.39, 0.29) is 5.69 Å². The van der Waals surface area contributed by atoms with Gasteiger partial charge in [0, 0.05) is 18.2 Å². The molecule has 0 saturated heterocycles. The molecule has 2 aromatic rings. The first-order chi connectivity index (χ1) is 9.69. The van der Waals surface area contributed by atoms with Crippen LogP contribution in [-0.4, -0.2) is 25.0 Å². The molecular formula is C10H11FN2O6S2. The Morgan fingerprint density at radius 3 is 2.48 bits per heavy atom. The van der Waals surface area contributed by atoms with E-state index in [2.05, 4.69) is 4.18 Å². The zero-order chi connectivity index (χ0) is 16.2. The average molecular weight is 338 g/mol. The van der Waals surface area contributed by atoms with Crippen LogP contribution in [0.15, 0.2) is 18.2 Å². The Morgan fingerprint density at radius 2 is 2.05 bits per heavy atom. The quantitative estimate of drug-likeness (QED) is 0.273. The molecule has 1 aromatic carbocycles. The summed E-state index contributed by atoms with van der Waals surface area (Å²) in [5.41, 5.74) is 0.855. The molecule has 0 atom stereocenters. The summed E-state index contributed by atoms with van der Waals surface area (Å²) in [7, 11) is -1.85. The number of non-ortho nitro benzene ring substituents is 1. The maximum atomic E-state index is 12.5. The van der Waals surface area contributed by atoms with E-state index in [1.807, 2.05) is 0 Å². The molecule has 0 aliphatic carbocycles. The number of halogens is 1. The van der Waals surface area contributed by atoms with Gasteiger partial charge in [-0.05, 0) is 0 Å². The summed E-state index contributed by atoms with van der Waals surface area (Å²) in [5, 5.41) is 11.1. The summed E-state index contributed by atoms with van der Waals surface area (Å²) < 4.78 is 46.0. The number of aromatic nitrogens is 1. The van der Waals surface area contributed by atoms with Crippen molar-refractivity contribution in [1.82, 2.24) is 0 Å². The number of alkyl halides is 1. The van der Waals surface area contributed by atoms with E-state index in [0.717, 1.165) is 17.3 Å². The lowest BCUT2D eigenvalue weighted by Gasteiger charge is -1.98. The summed E-state index contributed by atoms with van der Waals surface area (Å²) >= 11 is 1.24. The highest BCUT2D eigenvalue weighted by Crippen LogP contribution is 2.25. The number of thiazole rings is 1. The fraction of sp³-hybridized carbons (Fsp3) is 0.300. The van der Waals surface area contributed by atoms with E-state index in [0.29, 0.717) is 5.01 Å². The second kappa shape index (κ2) is 6.85.